The first-order chi connectivity index (χ1) is 20.8. The molecule has 3 heterocycles. The lowest BCUT2D eigenvalue weighted by atomic mass is 9.95. The Balaban J connectivity index is 1.37. The van der Waals surface area contributed by atoms with Crippen LogP contribution in [0.2, 0.25) is 0 Å². The van der Waals surface area contributed by atoms with Gasteiger partial charge in [0, 0.05) is 53.2 Å². The van der Waals surface area contributed by atoms with Gasteiger partial charge in [-0.1, -0.05) is 72.8 Å². The third-order valence-electron chi connectivity index (χ3n) is 7.28. The topological polar surface area (TPSA) is 51.6 Å². The summed E-state index contributed by atoms with van der Waals surface area (Å²) < 4.78 is 0. The van der Waals surface area contributed by atoms with Crippen LogP contribution in [-0.2, 0) is 0 Å². The smallest absolute Gasteiger partial charge is 0.159 e. The summed E-state index contributed by atoms with van der Waals surface area (Å²) in [5.74, 6) is 0.670. The molecule has 3 aromatic heterocycles. The van der Waals surface area contributed by atoms with Gasteiger partial charge in [-0.15, -0.1) is 0 Å². The Bertz CT molecular complexity index is 1700. The normalized spacial score (nSPS) is 10.9. The van der Waals surface area contributed by atoms with Crippen LogP contribution in [0.1, 0.15) is 0 Å². The van der Waals surface area contributed by atoms with Crippen molar-refractivity contribution < 1.29 is 0 Å². The van der Waals surface area contributed by atoms with E-state index in [9.17, 15) is 0 Å². The summed E-state index contributed by atoms with van der Waals surface area (Å²) in [5.41, 5.74) is 11.6. The third kappa shape index (κ3) is 5.34. The lowest BCUT2D eigenvalue weighted by molar-refractivity contribution is 1.18. The standard InChI is InChI=1S/C38H26N4/c1-3-9-27(10-4-1)31-19-33(29-13-7-16-39-25-29)22-35(21-31)37-15-18-41-38(42-37)36-23-32(28-11-5-2-6-12-28)20-34(24-36)30-14-8-17-40-26-30/h1-26H. The van der Waals surface area contributed by atoms with E-state index in [0.717, 1.165) is 61.3 Å². The Kier molecular flexibility index (Phi) is 6.85. The first-order valence-corrected chi connectivity index (χ1v) is 13.9. The summed E-state index contributed by atoms with van der Waals surface area (Å²) in [5, 5.41) is 0. The fraction of sp³-hybridized carbons (Fsp3) is 0. The summed E-state index contributed by atoms with van der Waals surface area (Å²) >= 11 is 0. The van der Waals surface area contributed by atoms with Gasteiger partial charge in [-0.25, -0.2) is 9.97 Å². The van der Waals surface area contributed by atoms with Gasteiger partial charge in [-0.05, 0) is 88.0 Å². The van der Waals surface area contributed by atoms with Crippen molar-refractivity contribution in [2.24, 2.45) is 0 Å². The number of benzene rings is 4. The maximum atomic E-state index is 5.11. The highest BCUT2D eigenvalue weighted by Gasteiger charge is 2.13. The minimum Gasteiger partial charge on any atom is -0.264 e. The van der Waals surface area contributed by atoms with Crippen LogP contribution in [0, 0.1) is 0 Å². The highest BCUT2D eigenvalue weighted by Crippen LogP contribution is 2.34. The molecule has 4 nitrogen and oxygen atoms in total. The van der Waals surface area contributed by atoms with Crippen LogP contribution < -0.4 is 0 Å². The largest absolute Gasteiger partial charge is 0.264 e. The summed E-state index contributed by atoms with van der Waals surface area (Å²) in [4.78, 5) is 18.5. The first kappa shape index (κ1) is 25.2. The van der Waals surface area contributed by atoms with Gasteiger partial charge >= 0.3 is 0 Å². The van der Waals surface area contributed by atoms with E-state index in [4.69, 9.17) is 9.97 Å². The van der Waals surface area contributed by atoms with Gasteiger partial charge in [0.15, 0.2) is 5.82 Å². The molecule has 0 N–H and O–H groups in total. The second-order valence-electron chi connectivity index (χ2n) is 10.1. The predicted octanol–water partition coefficient (Wildman–Crippen LogP) is 9.27. The van der Waals surface area contributed by atoms with E-state index in [1.165, 1.54) is 0 Å². The number of hydrogen-bond donors (Lipinski definition) is 0. The van der Waals surface area contributed by atoms with Crippen molar-refractivity contribution in [2.45, 2.75) is 0 Å². The molecule has 0 aliphatic heterocycles. The van der Waals surface area contributed by atoms with Crippen molar-refractivity contribution in [3.05, 3.63) is 158 Å². The predicted molar refractivity (Wildman–Crippen MR) is 170 cm³/mol. The monoisotopic (exact) mass is 538 g/mol. The molecule has 7 rings (SSSR count). The van der Waals surface area contributed by atoms with Gasteiger partial charge in [0.25, 0.3) is 0 Å². The molecule has 7 aromatic rings. The van der Waals surface area contributed by atoms with Gasteiger partial charge in [0.1, 0.15) is 0 Å². The zero-order chi connectivity index (χ0) is 28.1. The molecule has 0 aliphatic carbocycles. The van der Waals surface area contributed by atoms with Crippen LogP contribution in [0.25, 0.3) is 67.2 Å². The SMILES string of the molecule is c1ccc(-c2cc(-c3cccnc3)cc(-c3ccnc(-c4cc(-c5ccccc5)cc(-c5cccnc5)c4)n3)c2)cc1. The van der Waals surface area contributed by atoms with Crippen LogP contribution in [-0.4, -0.2) is 19.9 Å². The molecule has 0 saturated carbocycles. The average Bonchev–Trinajstić information content (AvgIpc) is 3.09. The van der Waals surface area contributed by atoms with Crippen molar-refractivity contribution in [1.29, 1.82) is 0 Å². The molecule has 198 valence electrons. The number of nitrogens with zero attached hydrogens (tertiary/aromatic N) is 4. The fourth-order valence-corrected chi connectivity index (χ4v) is 5.19. The van der Waals surface area contributed by atoms with E-state index < -0.39 is 0 Å². The maximum Gasteiger partial charge on any atom is 0.159 e. The van der Waals surface area contributed by atoms with Crippen molar-refractivity contribution in [1.82, 2.24) is 19.9 Å². The van der Waals surface area contributed by atoms with Crippen LogP contribution in [0.4, 0.5) is 0 Å². The number of rotatable bonds is 6. The quantitative estimate of drug-likeness (QED) is 0.212. The second kappa shape index (κ2) is 11.4. The van der Waals surface area contributed by atoms with E-state index in [2.05, 4.69) is 107 Å². The Morgan fingerprint density at radius 3 is 1.29 bits per heavy atom. The van der Waals surface area contributed by atoms with Gasteiger partial charge in [-0.3, -0.25) is 9.97 Å². The summed E-state index contributed by atoms with van der Waals surface area (Å²) in [7, 11) is 0. The van der Waals surface area contributed by atoms with Crippen molar-refractivity contribution >= 4 is 0 Å². The van der Waals surface area contributed by atoms with Crippen molar-refractivity contribution in [3.63, 3.8) is 0 Å². The minimum absolute atomic E-state index is 0.670. The summed E-state index contributed by atoms with van der Waals surface area (Å²) in [6.45, 7) is 0. The molecule has 0 radical (unpaired) electrons. The Hall–Kier alpha value is -5.74. The fourth-order valence-electron chi connectivity index (χ4n) is 5.19. The van der Waals surface area contributed by atoms with E-state index in [1.807, 2.05) is 48.9 Å². The molecule has 0 saturated heterocycles. The molecule has 0 bridgehead atoms. The lowest BCUT2D eigenvalue weighted by Gasteiger charge is -2.12. The molecule has 0 unspecified atom stereocenters. The lowest BCUT2D eigenvalue weighted by Crippen LogP contribution is -1.94. The molecule has 4 heteroatoms. The molecule has 0 spiro atoms. The molecule has 42 heavy (non-hydrogen) atoms. The van der Waals surface area contributed by atoms with Gasteiger partial charge in [0.05, 0.1) is 5.69 Å². The number of pyridine rings is 2. The van der Waals surface area contributed by atoms with Crippen LogP contribution in [0.3, 0.4) is 0 Å². The third-order valence-corrected chi connectivity index (χ3v) is 7.28. The maximum absolute atomic E-state index is 5.11. The van der Waals surface area contributed by atoms with Crippen LogP contribution >= 0.6 is 0 Å². The van der Waals surface area contributed by atoms with Crippen LogP contribution in [0.15, 0.2) is 158 Å². The zero-order valence-electron chi connectivity index (χ0n) is 22.8. The molecular formula is C38H26N4. The number of hydrogen-bond acceptors (Lipinski definition) is 4. The van der Waals surface area contributed by atoms with E-state index in [-0.39, 0.29) is 0 Å². The Labute approximate surface area is 245 Å². The average molecular weight is 539 g/mol. The summed E-state index contributed by atoms with van der Waals surface area (Å²) in [6, 6.07) is 44.0. The Morgan fingerprint density at radius 1 is 0.333 bits per heavy atom. The first-order valence-electron chi connectivity index (χ1n) is 13.9. The van der Waals surface area contributed by atoms with Gasteiger partial charge in [-0.2, -0.15) is 0 Å². The van der Waals surface area contributed by atoms with E-state index in [0.29, 0.717) is 5.82 Å². The van der Waals surface area contributed by atoms with Gasteiger partial charge in [0.2, 0.25) is 0 Å². The Morgan fingerprint density at radius 2 is 0.786 bits per heavy atom. The van der Waals surface area contributed by atoms with E-state index >= 15 is 0 Å². The number of aromatic nitrogens is 4. The highest BCUT2D eigenvalue weighted by atomic mass is 14.9. The molecule has 0 aliphatic rings. The van der Waals surface area contributed by atoms with Crippen molar-refractivity contribution in [3.8, 4) is 67.2 Å². The molecule has 4 aromatic carbocycles. The van der Waals surface area contributed by atoms with E-state index in [1.54, 1.807) is 12.4 Å². The molecule has 0 fully saturated rings. The van der Waals surface area contributed by atoms with Crippen molar-refractivity contribution in [2.75, 3.05) is 0 Å². The second-order valence-corrected chi connectivity index (χ2v) is 10.1. The zero-order valence-corrected chi connectivity index (χ0v) is 22.8. The summed E-state index contributed by atoms with van der Waals surface area (Å²) in [6.07, 6.45) is 9.22. The minimum atomic E-state index is 0.670. The molecule has 0 atom stereocenters. The van der Waals surface area contributed by atoms with Crippen LogP contribution in [0.5, 0.6) is 0 Å². The molecule has 0 amide bonds. The van der Waals surface area contributed by atoms with Gasteiger partial charge < -0.3 is 0 Å². The highest BCUT2D eigenvalue weighted by molar-refractivity contribution is 5.82. The molecular weight excluding hydrogens is 512 g/mol.